The lowest BCUT2D eigenvalue weighted by molar-refractivity contribution is -0.387. The summed E-state index contributed by atoms with van der Waals surface area (Å²) in [5.74, 6) is 1.61. The van der Waals surface area contributed by atoms with Crippen molar-refractivity contribution >= 4 is 40.0 Å². The number of hydrogen-bond acceptors (Lipinski definition) is 3. The average molecular weight is 375 g/mol. The molecule has 0 radical (unpaired) electrons. The van der Waals surface area contributed by atoms with Crippen molar-refractivity contribution in [3.05, 3.63) is 34.4 Å². The van der Waals surface area contributed by atoms with E-state index in [-0.39, 0.29) is 10.6 Å². The number of halogens is 1. The Bertz CT molecular complexity index is 480. The van der Waals surface area contributed by atoms with Gasteiger partial charge in [-0.15, -0.1) is 11.8 Å². The fourth-order valence-electron chi connectivity index (χ4n) is 3.18. The van der Waals surface area contributed by atoms with Gasteiger partial charge in [-0.3, -0.25) is 10.1 Å². The number of alkyl halides is 1. The van der Waals surface area contributed by atoms with Crippen molar-refractivity contribution in [1.29, 1.82) is 0 Å². The van der Waals surface area contributed by atoms with Gasteiger partial charge in [0.1, 0.15) is 0 Å². The van der Waals surface area contributed by atoms with Crippen LogP contribution in [-0.4, -0.2) is 14.1 Å². The summed E-state index contributed by atoms with van der Waals surface area (Å²) in [5.41, 5.74) is 0.258. The lowest BCUT2D eigenvalue weighted by Gasteiger charge is -2.26. The Labute approximate surface area is 124 Å². The lowest BCUT2D eigenvalue weighted by Crippen LogP contribution is -2.24. The Kier molecular flexibility index (Phi) is 3.53. The van der Waals surface area contributed by atoms with Crippen molar-refractivity contribution in [1.82, 2.24) is 0 Å². The summed E-state index contributed by atoms with van der Waals surface area (Å²) in [7, 11) is 0. The molecule has 2 aliphatic carbocycles. The lowest BCUT2D eigenvalue weighted by atomic mass is 10.0. The first-order chi connectivity index (χ1) is 8.66. The van der Waals surface area contributed by atoms with Gasteiger partial charge in [-0.1, -0.05) is 34.7 Å². The molecule has 0 aliphatic heterocycles. The van der Waals surface area contributed by atoms with Crippen LogP contribution in [0.3, 0.4) is 0 Å². The molecule has 2 fully saturated rings. The van der Waals surface area contributed by atoms with Gasteiger partial charge in [-0.25, -0.2) is 0 Å². The first-order valence-electron chi connectivity index (χ1n) is 6.21. The van der Waals surface area contributed by atoms with Gasteiger partial charge in [0.05, 0.1) is 9.82 Å². The topological polar surface area (TPSA) is 43.1 Å². The monoisotopic (exact) mass is 375 g/mol. The van der Waals surface area contributed by atoms with E-state index in [9.17, 15) is 10.1 Å². The predicted octanol–water partition coefficient (Wildman–Crippen LogP) is 4.29. The second-order valence-electron chi connectivity index (χ2n) is 5.08. The van der Waals surface area contributed by atoms with Crippen LogP contribution in [0.25, 0.3) is 0 Å². The normalized spacial score (nSPS) is 33.8. The van der Waals surface area contributed by atoms with Crippen molar-refractivity contribution in [3.63, 3.8) is 0 Å². The summed E-state index contributed by atoms with van der Waals surface area (Å²) in [5, 5.41) is 11.6. The molecule has 3 rings (SSSR count). The van der Waals surface area contributed by atoms with Crippen LogP contribution < -0.4 is 0 Å². The van der Waals surface area contributed by atoms with Crippen LogP contribution in [0.1, 0.15) is 19.3 Å². The average Bonchev–Trinajstić information content (AvgIpc) is 2.93. The maximum Gasteiger partial charge on any atom is 0.282 e. The van der Waals surface area contributed by atoms with Crippen molar-refractivity contribution < 1.29 is 4.92 Å². The molecular formula is C13H14INO2S. The summed E-state index contributed by atoms with van der Waals surface area (Å²) in [6, 6.07) is 7.13. The molecule has 5 heteroatoms. The van der Waals surface area contributed by atoms with Crippen molar-refractivity contribution in [2.45, 2.75) is 33.3 Å². The number of para-hydroxylation sites is 1. The summed E-state index contributed by atoms with van der Waals surface area (Å²) >= 11 is 4.28. The van der Waals surface area contributed by atoms with Crippen molar-refractivity contribution in [2.24, 2.45) is 11.8 Å². The number of thioether (sulfide) groups is 1. The number of nitrogens with zero attached hydrogens (tertiary/aromatic N) is 1. The summed E-state index contributed by atoms with van der Waals surface area (Å²) < 4.78 is 0.672. The Morgan fingerprint density at radius 3 is 2.67 bits per heavy atom. The molecule has 0 heterocycles. The van der Waals surface area contributed by atoms with Crippen LogP contribution in [0, 0.1) is 22.0 Å². The molecule has 1 aromatic carbocycles. The third-order valence-corrected chi connectivity index (χ3v) is 7.90. The van der Waals surface area contributed by atoms with E-state index in [0.717, 1.165) is 16.7 Å². The number of benzene rings is 1. The number of hydrogen-bond donors (Lipinski definition) is 0. The molecule has 0 N–H and O–H groups in total. The van der Waals surface area contributed by atoms with Crippen LogP contribution in [0.5, 0.6) is 0 Å². The quantitative estimate of drug-likeness (QED) is 0.343. The van der Waals surface area contributed by atoms with Crippen molar-refractivity contribution in [2.75, 3.05) is 0 Å². The van der Waals surface area contributed by atoms with Gasteiger partial charge in [0, 0.05) is 15.2 Å². The van der Waals surface area contributed by atoms with Gasteiger partial charge in [-0.05, 0) is 37.2 Å². The molecule has 96 valence electrons. The molecule has 4 unspecified atom stereocenters. The molecule has 2 aliphatic rings. The first kappa shape index (κ1) is 12.7. The fourth-order valence-corrected chi connectivity index (χ4v) is 6.37. The highest BCUT2D eigenvalue weighted by atomic mass is 127. The standard InChI is InChI=1S/C13H14INO2S/c14-12-8-5-6-9(7-8)13(12)18-11-4-2-1-3-10(11)15(16)17/h1-4,8-9,12-13H,5-7H2. The molecule has 3 nitrogen and oxygen atoms in total. The van der Waals surface area contributed by atoms with E-state index in [1.165, 1.54) is 19.3 Å². The highest BCUT2D eigenvalue weighted by Gasteiger charge is 2.47. The van der Waals surface area contributed by atoms with Crippen molar-refractivity contribution in [3.8, 4) is 0 Å². The zero-order valence-corrected chi connectivity index (χ0v) is 12.8. The molecule has 0 amide bonds. The molecular weight excluding hydrogens is 361 g/mol. The highest BCUT2D eigenvalue weighted by Crippen LogP contribution is 2.54. The zero-order valence-electron chi connectivity index (χ0n) is 9.79. The molecule has 2 bridgehead atoms. The molecule has 18 heavy (non-hydrogen) atoms. The van der Waals surface area contributed by atoms with E-state index in [1.54, 1.807) is 23.9 Å². The smallest absolute Gasteiger partial charge is 0.258 e. The highest BCUT2D eigenvalue weighted by molar-refractivity contribution is 14.1. The minimum absolute atomic E-state index is 0.258. The predicted molar refractivity (Wildman–Crippen MR) is 81.4 cm³/mol. The molecule has 0 saturated heterocycles. The Morgan fingerprint density at radius 1 is 1.28 bits per heavy atom. The fraction of sp³-hybridized carbons (Fsp3) is 0.538. The van der Waals surface area contributed by atoms with Gasteiger partial charge >= 0.3 is 0 Å². The van der Waals surface area contributed by atoms with E-state index < -0.39 is 0 Å². The van der Waals surface area contributed by atoms with E-state index in [2.05, 4.69) is 22.6 Å². The van der Waals surface area contributed by atoms with E-state index in [4.69, 9.17) is 0 Å². The summed E-state index contributed by atoms with van der Waals surface area (Å²) in [6.07, 6.45) is 3.99. The van der Waals surface area contributed by atoms with Crippen LogP contribution in [0.4, 0.5) is 5.69 Å². The molecule has 0 spiro atoms. The van der Waals surface area contributed by atoms with Crippen LogP contribution in [0.15, 0.2) is 29.2 Å². The minimum atomic E-state index is -0.266. The Balaban J connectivity index is 1.83. The van der Waals surface area contributed by atoms with Gasteiger partial charge in [0.15, 0.2) is 0 Å². The largest absolute Gasteiger partial charge is 0.282 e. The van der Waals surface area contributed by atoms with Gasteiger partial charge < -0.3 is 0 Å². The van der Waals surface area contributed by atoms with Crippen LogP contribution in [0.2, 0.25) is 0 Å². The van der Waals surface area contributed by atoms with Gasteiger partial charge in [0.25, 0.3) is 5.69 Å². The van der Waals surface area contributed by atoms with E-state index in [0.29, 0.717) is 9.17 Å². The molecule has 2 saturated carbocycles. The number of nitro groups is 1. The zero-order chi connectivity index (χ0) is 12.7. The minimum Gasteiger partial charge on any atom is -0.258 e. The number of rotatable bonds is 3. The third kappa shape index (κ3) is 2.15. The summed E-state index contributed by atoms with van der Waals surface area (Å²) in [4.78, 5) is 11.6. The van der Waals surface area contributed by atoms with Crippen LogP contribution >= 0.6 is 34.4 Å². The second-order valence-corrected chi connectivity index (χ2v) is 7.74. The third-order valence-electron chi connectivity index (χ3n) is 4.07. The molecule has 0 aromatic heterocycles. The Morgan fingerprint density at radius 2 is 2.00 bits per heavy atom. The van der Waals surface area contributed by atoms with Crippen LogP contribution in [-0.2, 0) is 0 Å². The number of fused-ring (bicyclic) bond motifs is 2. The van der Waals surface area contributed by atoms with E-state index in [1.807, 2.05) is 12.1 Å². The summed E-state index contributed by atoms with van der Waals surface area (Å²) in [6.45, 7) is 0. The van der Waals surface area contributed by atoms with E-state index >= 15 is 0 Å². The SMILES string of the molecule is O=[N+]([O-])c1ccccc1SC1C2CCC(C2)C1I. The maximum atomic E-state index is 11.0. The van der Waals surface area contributed by atoms with Gasteiger partial charge in [0.2, 0.25) is 0 Å². The Hall–Kier alpha value is -0.300. The first-order valence-corrected chi connectivity index (χ1v) is 8.33. The maximum absolute atomic E-state index is 11.0. The van der Waals surface area contributed by atoms with Gasteiger partial charge in [-0.2, -0.15) is 0 Å². The second kappa shape index (κ2) is 5.00. The molecule has 4 atom stereocenters. The number of nitro benzene ring substituents is 1. The molecule has 1 aromatic rings.